The van der Waals surface area contributed by atoms with Gasteiger partial charge in [-0.25, -0.2) is 0 Å². The summed E-state index contributed by atoms with van der Waals surface area (Å²) in [6.07, 6.45) is -0.0693. The van der Waals surface area contributed by atoms with Crippen molar-refractivity contribution in [3.8, 4) is 11.5 Å². The molecule has 0 saturated heterocycles. The molecular weight excluding hydrogens is 288 g/mol. The van der Waals surface area contributed by atoms with Gasteiger partial charge in [-0.15, -0.1) is 0 Å². The SMILES string of the molecule is COc1cc(Br)cc(C(C)(C)CC(=O)O)c1O. The van der Waals surface area contributed by atoms with Crippen LogP contribution in [0.25, 0.3) is 0 Å². The summed E-state index contributed by atoms with van der Waals surface area (Å²) in [5.74, 6) is -0.594. The first-order valence-corrected chi connectivity index (χ1v) is 5.86. The molecule has 0 aliphatic rings. The van der Waals surface area contributed by atoms with Crippen LogP contribution in [-0.2, 0) is 10.2 Å². The third kappa shape index (κ3) is 3.12. The van der Waals surface area contributed by atoms with Gasteiger partial charge in [0.05, 0.1) is 13.5 Å². The highest BCUT2D eigenvalue weighted by Crippen LogP contribution is 2.41. The highest BCUT2D eigenvalue weighted by Gasteiger charge is 2.29. The fraction of sp³-hybridized carbons (Fsp3) is 0.417. The Morgan fingerprint density at radius 3 is 2.53 bits per heavy atom. The van der Waals surface area contributed by atoms with E-state index in [1.165, 1.54) is 7.11 Å². The number of carboxylic acids is 1. The van der Waals surface area contributed by atoms with Gasteiger partial charge in [0, 0.05) is 15.5 Å². The number of phenols is 1. The molecular formula is C12H15BrO4. The Morgan fingerprint density at radius 1 is 1.47 bits per heavy atom. The second-order valence-electron chi connectivity index (χ2n) is 4.46. The zero-order chi connectivity index (χ0) is 13.2. The lowest BCUT2D eigenvalue weighted by molar-refractivity contribution is -0.138. The predicted molar refractivity (Wildman–Crippen MR) is 67.6 cm³/mol. The first kappa shape index (κ1) is 13.8. The van der Waals surface area contributed by atoms with E-state index in [4.69, 9.17) is 9.84 Å². The van der Waals surface area contributed by atoms with E-state index in [2.05, 4.69) is 15.9 Å². The van der Waals surface area contributed by atoms with Crippen LogP contribution in [-0.4, -0.2) is 23.3 Å². The Morgan fingerprint density at radius 2 is 2.06 bits per heavy atom. The number of rotatable bonds is 4. The van der Waals surface area contributed by atoms with Crippen molar-refractivity contribution in [2.45, 2.75) is 25.7 Å². The van der Waals surface area contributed by atoms with Crippen molar-refractivity contribution in [2.75, 3.05) is 7.11 Å². The minimum atomic E-state index is -0.909. The minimum absolute atomic E-state index is 0.0121. The van der Waals surface area contributed by atoms with E-state index in [0.717, 1.165) is 4.47 Å². The highest BCUT2D eigenvalue weighted by molar-refractivity contribution is 9.10. The van der Waals surface area contributed by atoms with Gasteiger partial charge in [0.15, 0.2) is 11.5 Å². The Bertz CT molecular complexity index is 440. The lowest BCUT2D eigenvalue weighted by Gasteiger charge is -2.25. The van der Waals surface area contributed by atoms with Crippen LogP contribution in [0.1, 0.15) is 25.8 Å². The monoisotopic (exact) mass is 302 g/mol. The summed E-state index contributed by atoms with van der Waals surface area (Å²) in [5.41, 5.74) is -0.126. The van der Waals surface area contributed by atoms with Crippen molar-refractivity contribution in [3.63, 3.8) is 0 Å². The molecule has 5 heteroatoms. The summed E-state index contributed by atoms with van der Waals surface area (Å²) >= 11 is 3.31. The Balaban J connectivity index is 3.29. The zero-order valence-corrected chi connectivity index (χ0v) is 11.5. The summed E-state index contributed by atoms with van der Waals surface area (Å²) < 4.78 is 5.78. The van der Waals surface area contributed by atoms with Crippen molar-refractivity contribution in [1.82, 2.24) is 0 Å². The maximum absolute atomic E-state index is 10.8. The molecule has 0 bridgehead atoms. The fourth-order valence-corrected chi connectivity index (χ4v) is 2.16. The first-order chi connectivity index (χ1) is 7.77. The van der Waals surface area contributed by atoms with Crippen LogP contribution >= 0.6 is 15.9 Å². The molecule has 0 aromatic heterocycles. The third-order valence-corrected chi connectivity index (χ3v) is 3.04. The molecule has 0 saturated carbocycles. The van der Waals surface area contributed by atoms with Gasteiger partial charge in [-0.3, -0.25) is 4.79 Å². The quantitative estimate of drug-likeness (QED) is 0.897. The van der Waals surface area contributed by atoms with E-state index < -0.39 is 11.4 Å². The van der Waals surface area contributed by atoms with E-state index in [9.17, 15) is 9.90 Å². The van der Waals surface area contributed by atoms with E-state index >= 15 is 0 Å². The number of aromatic hydroxyl groups is 1. The van der Waals surface area contributed by atoms with Crippen LogP contribution in [0.4, 0.5) is 0 Å². The van der Waals surface area contributed by atoms with Gasteiger partial charge >= 0.3 is 5.97 Å². The van der Waals surface area contributed by atoms with Gasteiger partial charge in [-0.05, 0) is 12.1 Å². The lowest BCUT2D eigenvalue weighted by atomic mass is 9.81. The summed E-state index contributed by atoms with van der Waals surface area (Å²) in [4.78, 5) is 10.8. The van der Waals surface area contributed by atoms with E-state index in [-0.39, 0.29) is 12.2 Å². The van der Waals surface area contributed by atoms with Crippen molar-refractivity contribution in [3.05, 3.63) is 22.2 Å². The Labute approximate surface area is 108 Å². The maximum Gasteiger partial charge on any atom is 0.304 e. The van der Waals surface area contributed by atoms with E-state index in [1.807, 2.05) is 0 Å². The zero-order valence-electron chi connectivity index (χ0n) is 9.95. The number of carbonyl (C=O) groups is 1. The normalized spacial score (nSPS) is 11.3. The number of hydrogen-bond acceptors (Lipinski definition) is 3. The van der Waals surface area contributed by atoms with Crippen LogP contribution < -0.4 is 4.74 Å². The number of aliphatic carboxylic acids is 1. The molecule has 17 heavy (non-hydrogen) atoms. The Kier molecular flexibility index (Phi) is 4.03. The first-order valence-electron chi connectivity index (χ1n) is 5.06. The van der Waals surface area contributed by atoms with E-state index in [0.29, 0.717) is 11.3 Å². The Hall–Kier alpha value is -1.23. The van der Waals surface area contributed by atoms with Gasteiger partial charge in [0.2, 0.25) is 0 Å². The van der Waals surface area contributed by atoms with Crippen molar-refractivity contribution in [1.29, 1.82) is 0 Å². The summed E-state index contributed by atoms with van der Waals surface area (Å²) in [6.45, 7) is 3.53. The molecule has 0 aliphatic heterocycles. The van der Waals surface area contributed by atoms with Crippen molar-refractivity contribution < 1.29 is 19.7 Å². The van der Waals surface area contributed by atoms with Gasteiger partial charge in [0.25, 0.3) is 0 Å². The number of methoxy groups -OCH3 is 1. The third-order valence-electron chi connectivity index (χ3n) is 2.58. The van der Waals surface area contributed by atoms with Gasteiger partial charge in [-0.2, -0.15) is 0 Å². The topological polar surface area (TPSA) is 66.8 Å². The second-order valence-corrected chi connectivity index (χ2v) is 5.37. The van der Waals surface area contributed by atoms with Crippen LogP contribution in [0.3, 0.4) is 0 Å². The molecule has 4 nitrogen and oxygen atoms in total. The number of phenolic OH excluding ortho intramolecular Hbond substituents is 1. The number of halogens is 1. The number of carboxylic acid groups (broad SMARTS) is 1. The van der Waals surface area contributed by atoms with Crippen LogP contribution in [0, 0.1) is 0 Å². The predicted octanol–water partition coefficient (Wildman–Crippen LogP) is 2.92. The fourth-order valence-electron chi connectivity index (χ4n) is 1.72. The molecule has 1 aromatic carbocycles. The second kappa shape index (κ2) is 4.96. The summed E-state index contributed by atoms with van der Waals surface area (Å²) in [6, 6.07) is 3.34. The van der Waals surface area contributed by atoms with Gasteiger partial charge < -0.3 is 14.9 Å². The lowest BCUT2D eigenvalue weighted by Crippen LogP contribution is -2.22. The standard InChI is InChI=1S/C12H15BrO4/c1-12(2,6-10(14)15)8-4-7(13)5-9(17-3)11(8)16/h4-5,16H,6H2,1-3H3,(H,14,15). The molecule has 1 aromatic rings. The maximum atomic E-state index is 10.8. The van der Waals surface area contributed by atoms with Crippen molar-refractivity contribution in [2.24, 2.45) is 0 Å². The highest BCUT2D eigenvalue weighted by atomic mass is 79.9. The van der Waals surface area contributed by atoms with Crippen LogP contribution in [0.5, 0.6) is 11.5 Å². The molecule has 0 atom stereocenters. The average molecular weight is 303 g/mol. The number of hydrogen-bond donors (Lipinski definition) is 2. The minimum Gasteiger partial charge on any atom is -0.504 e. The largest absolute Gasteiger partial charge is 0.504 e. The molecule has 0 unspecified atom stereocenters. The van der Waals surface area contributed by atoms with Crippen molar-refractivity contribution >= 4 is 21.9 Å². The average Bonchev–Trinajstić information content (AvgIpc) is 2.18. The molecule has 94 valence electrons. The smallest absolute Gasteiger partial charge is 0.304 e. The molecule has 0 spiro atoms. The molecule has 1 rings (SSSR count). The molecule has 0 heterocycles. The molecule has 0 amide bonds. The molecule has 2 N–H and O–H groups in total. The molecule has 0 radical (unpaired) electrons. The molecule has 0 fully saturated rings. The van der Waals surface area contributed by atoms with Crippen LogP contribution in [0.2, 0.25) is 0 Å². The number of ether oxygens (including phenoxy) is 1. The van der Waals surface area contributed by atoms with Gasteiger partial charge in [-0.1, -0.05) is 29.8 Å². The van der Waals surface area contributed by atoms with Gasteiger partial charge in [0.1, 0.15) is 0 Å². The van der Waals surface area contributed by atoms with E-state index in [1.54, 1.807) is 26.0 Å². The van der Waals surface area contributed by atoms with Crippen LogP contribution in [0.15, 0.2) is 16.6 Å². The molecule has 0 aliphatic carbocycles. The summed E-state index contributed by atoms with van der Waals surface area (Å²) in [5, 5.41) is 18.9. The number of benzene rings is 1. The summed E-state index contributed by atoms with van der Waals surface area (Å²) in [7, 11) is 1.45.